The molecule has 0 fully saturated rings. The van der Waals surface area contributed by atoms with E-state index >= 15 is 0 Å². The summed E-state index contributed by atoms with van der Waals surface area (Å²) in [6, 6.07) is 8.44. The lowest BCUT2D eigenvalue weighted by Crippen LogP contribution is -2.34. The number of aliphatic imine (C=N–C) groups is 1. The van der Waals surface area contributed by atoms with E-state index < -0.39 is 0 Å². The molecular weight excluding hydrogens is 292 g/mol. The van der Waals surface area contributed by atoms with Crippen molar-refractivity contribution in [2.45, 2.75) is 50.9 Å². The van der Waals surface area contributed by atoms with Gasteiger partial charge < -0.3 is 4.74 Å². The van der Waals surface area contributed by atoms with Crippen molar-refractivity contribution >= 4 is 17.3 Å². The van der Waals surface area contributed by atoms with Gasteiger partial charge in [0, 0.05) is 6.54 Å². The molecule has 0 aliphatic carbocycles. The Morgan fingerprint density at radius 1 is 1.18 bits per heavy atom. The second-order valence-corrected chi connectivity index (χ2v) is 6.82. The lowest BCUT2D eigenvalue weighted by atomic mass is 10.1. The van der Waals surface area contributed by atoms with Gasteiger partial charge in [0.25, 0.3) is 0 Å². The van der Waals surface area contributed by atoms with Gasteiger partial charge in [0.15, 0.2) is 0 Å². The van der Waals surface area contributed by atoms with Crippen molar-refractivity contribution in [3.63, 3.8) is 0 Å². The molecule has 1 aromatic rings. The lowest BCUT2D eigenvalue weighted by Gasteiger charge is -2.27. The Kier molecular flexibility index (Phi) is 7.81. The summed E-state index contributed by atoms with van der Waals surface area (Å²) in [4.78, 5) is 6.96. The van der Waals surface area contributed by atoms with Gasteiger partial charge in [-0.25, -0.2) is 0 Å². The van der Waals surface area contributed by atoms with E-state index in [9.17, 15) is 0 Å². The highest BCUT2D eigenvalue weighted by Crippen LogP contribution is 2.23. The molecule has 2 rings (SSSR count). The third-order valence-corrected chi connectivity index (χ3v) is 5.09. The van der Waals surface area contributed by atoms with Crippen LogP contribution in [0.3, 0.4) is 0 Å². The summed E-state index contributed by atoms with van der Waals surface area (Å²) in [7, 11) is 1.71. The minimum Gasteiger partial charge on any atom is -0.497 e. The fourth-order valence-corrected chi connectivity index (χ4v) is 3.54. The monoisotopic (exact) mass is 320 g/mol. The second kappa shape index (κ2) is 9.90. The van der Waals surface area contributed by atoms with E-state index in [1.807, 2.05) is 29.4 Å². The van der Waals surface area contributed by atoms with Crippen LogP contribution in [0.5, 0.6) is 5.75 Å². The maximum Gasteiger partial charge on any atom is 0.118 e. The molecule has 0 spiro atoms. The van der Waals surface area contributed by atoms with Gasteiger partial charge in [-0.2, -0.15) is 0 Å². The number of nitrogens with zero attached hydrogens (tertiary/aromatic N) is 2. The van der Waals surface area contributed by atoms with E-state index in [2.05, 4.69) is 28.9 Å². The zero-order valence-electron chi connectivity index (χ0n) is 13.8. The highest BCUT2D eigenvalue weighted by molar-refractivity contribution is 8.12. The molecule has 1 aliphatic rings. The van der Waals surface area contributed by atoms with Crippen LogP contribution in [-0.4, -0.2) is 36.0 Å². The molecule has 122 valence electrons. The number of hydrogen-bond acceptors (Lipinski definition) is 4. The van der Waals surface area contributed by atoms with E-state index in [-0.39, 0.29) is 0 Å². The number of methoxy groups -OCH3 is 1. The minimum atomic E-state index is 0.508. The Hall–Kier alpha value is -1.00. The molecule has 0 saturated carbocycles. The highest BCUT2D eigenvalue weighted by Gasteiger charge is 2.20. The van der Waals surface area contributed by atoms with Gasteiger partial charge >= 0.3 is 0 Å². The largest absolute Gasteiger partial charge is 0.497 e. The van der Waals surface area contributed by atoms with Gasteiger partial charge in [-0.1, -0.05) is 56.5 Å². The van der Waals surface area contributed by atoms with E-state index in [1.165, 1.54) is 37.7 Å². The van der Waals surface area contributed by atoms with Crippen LogP contribution >= 0.6 is 11.8 Å². The topological polar surface area (TPSA) is 24.8 Å². The summed E-state index contributed by atoms with van der Waals surface area (Å²) in [6.07, 6.45) is 6.65. The highest BCUT2D eigenvalue weighted by atomic mass is 32.2. The van der Waals surface area contributed by atoms with Crippen molar-refractivity contribution in [1.29, 1.82) is 0 Å². The predicted molar refractivity (Wildman–Crippen MR) is 96.9 cm³/mol. The molecule has 0 N–H and O–H groups in total. The zero-order valence-corrected chi connectivity index (χ0v) is 14.6. The van der Waals surface area contributed by atoms with Gasteiger partial charge in [-0.3, -0.25) is 9.89 Å². The fourth-order valence-electron chi connectivity index (χ4n) is 2.70. The van der Waals surface area contributed by atoms with Crippen LogP contribution in [0.4, 0.5) is 0 Å². The molecule has 0 aromatic heterocycles. The number of hydrogen-bond donors (Lipinski definition) is 0. The molecule has 1 unspecified atom stereocenters. The van der Waals surface area contributed by atoms with E-state index in [0.717, 1.165) is 25.4 Å². The van der Waals surface area contributed by atoms with Crippen LogP contribution < -0.4 is 4.74 Å². The normalized spacial score (nSPS) is 17.3. The second-order valence-electron chi connectivity index (χ2n) is 5.79. The average molecular weight is 321 g/mol. The van der Waals surface area contributed by atoms with Crippen molar-refractivity contribution in [3.05, 3.63) is 29.8 Å². The standard InChI is InChI=1S/C18H28N2OS/c1-3-4-5-6-7-12-20(18-13-19-15-22-18)14-16-8-10-17(21-2)11-9-16/h8-11,15,18H,3-7,12-14H2,1-2H3. The molecule has 0 bridgehead atoms. The third kappa shape index (κ3) is 5.65. The van der Waals surface area contributed by atoms with Crippen molar-refractivity contribution < 1.29 is 4.74 Å². The Morgan fingerprint density at radius 2 is 1.95 bits per heavy atom. The Labute approximate surface area is 139 Å². The number of thioether (sulfide) groups is 1. The molecule has 1 atom stereocenters. The molecule has 1 heterocycles. The van der Waals surface area contributed by atoms with Crippen LogP contribution in [0.2, 0.25) is 0 Å². The molecule has 1 aromatic carbocycles. The van der Waals surface area contributed by atoms with Crippen LogP contribution in [0, 0.1) is 0 Å². The number of benzene rings is 1. The smallest absolute Gasteiger partial charge is 0.118 e. The first-order valence-corrected chi connectivity index (χ1v) is 9.28. The number of unbranched alkanes of at least 4 members (excludes halogenated alkanes) is 4. The first-order chi connectivity index (χ1) is 10.8. The molecule has 3 nitrogen and oxygen atoms in total. The summed E-state index contributed by atoms with van der Waals surface area (Å²) in [5.41, 5.74) is 3.35. The lowest BCUT2D eigenvalue weighted by molar-refractivity contribution is 0.247. The minimum absolute atomic E-state index is 0.508. The molecule has 1 aliphatic heterocycles. The summed E-state index contributed by atoms with van der Waals surface area (Å²) in [5.74, 6) is 0.924. The van der Waals surface area contributed by atoms with Crippen molar-refractivity contribution in [2.75, 3.05) is 20.2 Å². The van der Waals surface area contributed by atoms with E-state index in [0.29, 0.717) is 5.37 Å². The van der Waals surface area contributed by atoms with Gasteiger partial charge in [0.05, 0.1) is 24.6 Å². The number of rotatable bonds is 10. The van der Waals surface area contributed by atoms with E-state index in [1.54, 1.807) is 7.11 Å². The molecular formula is C18H28N2OS. The van der Waals surface area contributed by atoms with Crippen molar-refractivity contribution in [3.8, 4) is 5.75 Å². The summed E-state index contributed by atoms with van der Waals surface area (Å²) >= 11 is 1.86. The van der Waals surface area contributed by atoms with Gasteiger partial charge in [0.1, 0.15) is 5.75 Å². The summed E-state index contributed by atoms with van der Waals surface area (Å²) in [5, 5.41) is 0.508. The van der Waals surface area contributed by atoms with Crippen LogP contribution in [0.25, 0.3) is 0 Å². The van der Waals surface area contributed by atoms with Gasteiger partial charge in [0.2, 0.25) is 0 Å². The van der Waals surface area contributed by atoms with Crippen LogP contribution in [0.1, 0.15) is 44.6 Å². The quantitative estimate of drug-likeness (QED) is 0.590. The first kappa shape index (κ1) is 17.4. The van der Waals surface area contributed by atoms with Gasteiger partial charge in [-0.15, -0.1) is 0 Å². The maximum atomic E-state index is 5.24. The first-order valence-electron chi connectivity index (χ1n) is 8.34. The Balaban J connectivity index is 1.85. The average Bonchev–Trinajstić information content (AvgIpc) is 3.08. The Bertz CT molecular complexity index is 439. The SMILES string of the molecule is CCCCCCCN(Cc1ccc(OC)cc1)C1CN=CS1. The van der Waals surface area contributed by atoms with Crippen LogP contribution in [0.15, 0.2) is 29.3 Å². The summed E-state index contributed by atoms with van der Waals surface area (Å²) < 4.78 is 5.24. The number of ether oxygens (including phenoxy) is 1. The molecule has 22 heavy (non-hydrogen) atoms. The third-order valence-electron chi connectivity index (χ3n) is 4.05. The maximum absolute atomic E-state index is 5.24. The zero-order chi connectivity index (χ0) is 15.6. The molecule has 0 saturated heterocycles. The van der Waals surface area contributed by atoms with Gasteiger partial charge in [-0.05, 0) is 30.7 Å². The van der Waals surface area contributed by atoms with E-state index in [4.69, 9.17) is 4.74 Å². The van der Waals surface area contributed by atoms with Crippen molar-refractivity contribution in [2.24, 2.45) is 4.99 Å². The Morgan fingerprint density at radius 3 is 2.59 bits per heavy atom. The summed E-state index contributed by atoms with van der Waals surface area (Å²) in [6.45, 7) is 5.35. The molecule has 0 amide bonds. The molecule has 4 heteroatoms. The fraction of sp³-hybridized carbons (Fsp3) is 0.611. The van der Waals surface area contributed by atoms with Crippen LogP contribution in [-0.2, 0) is 6.54 Å². The molecule has 0 radical (unpaired) electrons. The van der Waals surface area contributed by atoms with Crippen molar-refractivity contribution in [1.82, 2.24) is 4.90 Å². The predicted octanol–water partition coefficient (Wildman–Crippen LogP) is 4.57.